The molecule has 0 saturated carbocycles. The molecule has 2 N–H and O–H groups in total. The van der Waals surface area contributed by atoms with Crippen molar-refractivity contribution in [3.63, 3.8) is 0 Å². The topological polar surface area (TPSA) is 78.5 Å². The second kappa shape index (κ2) is 8.49. The van der Waals surface area contributed by atoms with Gasteiger partial charge >= 0.3 is 0 Å². The predicted molar refractivity (Wildman–Crippen MR) is 99.1 cm³/mol. The summed E-state index contributed by atoms with van der Waals surface area (Å²) < 4.78 is 27.5. The van der Waals surface area contributed by atoms with Crippen LogP contribution in [0.4, 0.5) is 0 Å². The standard InChI is InChI=1S/C17H25N3O3S.ClH/c1-13(14-11-18-12-14)17(21)20-9-7-15(8-10-20)19-24(22,23)16-5-3-2-4-6-16;/h2-6,13-15,18-19H,7-12H2,1H3;1H. The summed E-state index contributed by atoms with van der Waals surface area (Å²) in [5.74, 6) is 0.682. The molecular weight excluding hydrogens is 362 g/mol. The number of piperidine rings is 1. The average molecular weight is 388 g/mol. The van der Waals surface area contributed by atoms with E-state index in [1.807, 2.05) is 11.8 Å². The number of carbonyl (C=O) groups is 1. The first kappa shape index (κ1) is 20.2. The molecule has 1 unspecified atom stereocenters. The minimum Gasteiger partial charge on any atom is -0.342 e. The predicted octanol–water partition coefficient (Wildman–Crippen LogP) is 1.23. The summed E-state index contributed by atoms with van der Waals surface area (Å²) >= 11 is 0. The van der Waals surface area contributed by atoms with Crippen LogP contribution in [0.3, 0.4) is 0 Å². The van der Waals surface area contributed by atoms with Crippen LogP contribution in [0.15, 0.2) is 35.2 Å². The van der Waals surface area contributed by atoms with Gasteiger partial charge in [-0.3, -0.25) is 4.79 Å². The Morgan fingerprint density at radius 1 is 1.20 bits per heavy atom. The van der Waals surface area contributed by atoms with Gasteiger partial charge in [-0.15, -0.1) is 12.4 Å². The Morgan fingerprint density at radius 3 is 2.32 bits per heavy atom. The molecule has 6 nitrogen and oxygen atoms in total. The molecule has 1 aromatic carbocycles. The molecule has 1 aromatic rings. The maximum atomic E-state index is 12.5. The summed E-state index contributed by atoms with van der Waals surface area (Å²) in [6, 6.07) is 8.30. The zero-order valence-electron chi connectivity index (χ0n) is 14.3. The van der Waals surface area contributed by atoms with E-state index in [4.69, 9.17) is 0 Å². The van der Waals surface area contributed by atoms with Crippen molar-refractivity contribution in [3.05, 3.63) is 30.3 Å². The Morgan fingerprint density at radius 2 is 1.80 bits per heavy atom. The zero-order chi connectivity index (χ0) is 17.2. The largest absolute Gasteiger partial charge is 0.342 e. The molecule has 2 aliphatic rings. The van der Waals surface area contributed by atoms with Gasteiger partial charge in [-0.25, -0.2) is 13.1 Å². The molecule has 140 valence electrons. The number of nitrogens with zero attached hydrogens (tertiary/aromatic N) is 1. The maximum Gasteiger partial charge on any atom is 0.240 e. The normalized spacial score (nSPS) is 20.4. The Hall–Kier alpha value is -1.15. The fraction of sp³-hybridized carbons (Fsp3) is 0.588. The van der Waals surface area contributed by atoms with Crippen molar-refractivity contribution >= 4 is 28.3 Å². The molecule has 25 heavy (non-hydrogen) atoms. The van der Waals surface area contributed by atoms with Crippen LogP contribution >= 0.6 is 12.4 Å². The van der Waals surface area contributed by atoms with Gasteiger partial charge in [0, 0.05) is 25.0 Å². The SMILES string of the molecule is CC(C(=O)N1CCC(NS(=O)(=O)c2ccccc2)CC1)C1CNC1.Cl. The minimum atomic E-state index is -3.48. The highest BCUT2D eigenvalue weighted by atomic mass is 35.5. The number of hydrogen-bond donors (Lipinski definition) is 2. The highest BCUT2D eigenvalue weighted by Crippen LogP contribution is 2.21. The lowest BCUT2D eigenvalue weighted by Gasteiger charge is -2.38. The Balaban J connectivity index is 0.00000225. The van der Waals surface area contributed by atoms with Gasteiger partial charge in [0.2, 0.25) is 15.9 Å². The van der Waals surface area contributed by atoms with E-state index in [1.54, 1.807) is 30.3 Å². The first-order chi connectivity index (χ1) is 11.5. The molecule has 0 aliphatic carbocycles. The lowest BCUT2D eigenvalue weighted by molar-refractivity contribution is -0.138. The fourth-order valence-corrected chi connectivity index (χ4v) is 4.59. The lowest BCUT2D eigenvalue weighted by Crippen LogP contribution is -2.53. The number of amides is 1. The third kappa shape index (κ3) is 4.73. The van der Waals surface area contributed by atoms with Crippen LogP contribution in [0.5, 0.6) is 0 Å². The van der Waals surface area contributed by atoms with Crippen LogP contribution in [0, 0.1) is 11.8 Å². The molecule has 0 bridgehead atoms. The molecule has 0 aromatic heterocycles. The summed E-state index contributed by atoms with van der Waals surface area (Å²) in [6.07, 6.45) is 1.32. The van der Waals surface area contributed by atoms with Gasteiger partial charge < -0.3 is 10.2 Å². The Kier molecular flexibility index (Phi) is 6.85. The van der Waals surface area contributed by atoms with Crippen LogP contribution in [0.2, 0.25) is 0 Å². The van der Waals surface area contributed by atoms with Gasteiger partial charge in [-0.2, -0.15) is 0 Å². The van der Waals surface area contributed by atoms with E-state index in [-0.39, 0.29) is 35.2 Å². The van der Waals surface area contributed by atoms with Gasteiger partial charge in [0.1, 0.15) is 0 Å². The molecule has 2 saturated heterocycles. The van der Waals surface area contributed by atoms with Crippen molar-refractivity contribution in [2.75, 3.05) is 26.2 Å². The maximum absolute atomic E-state index is 12.5. The van der Waals surface area contributed by atoms with Crippen LogP contribution in [-0.4, -0.2) is 51.4 Å². The summed E-state index contributed by atoms with van der Waals surface area (Å²) in [5.41, 5.74) is 0. The lowest BCUT2D eigenvalue weighted by atomic mass is 9.87. The molecule has 2 heterocycles. The highest BCUT2D eigenvalue weighted by molar-refractivity contribution is 7.89. The van der Waals surface area contributed by atoms with Crippen molar-refractivity contribution in [2.45, 2.75) is 30.7 Å². The van der Waals surface area contributed by atoms with Crippen molar-refractivity contribution in [1.82, 2.24) is 14.9 Å². The van der Waals surface area contributed by atoms with E-state index in [9.17, 15) is 13.2 Å². The van der Waals surface area contributed by atoms with E-state index in [1.165, 1.54) is 0 Å². The quantitative estimate of drug-likeness (QED) is 0.796. The first-order valence-electron chi connectivity index (χ1n) is 8.54. The summed E-state index contributed by atoms with van der Waals surface area (Å²) in [6.45, 7) is 5.06. The molecule has 3 rings (SSSR count). The van der Waals surface area contributed by atoms with Gasteiger partial charge in [-0.05, 0) is 44.0 Å². The minimum absolute atomic E-state index is 0. The summed E-state index contributed by atoms with van der Waals surface area (Å²) in [7, 11) is -3.48. The molecule has 8 heteroatoms. The number of sulfonamides is 1. The van der Waals surface area contributed by atoms with Gasteiger partial charge in [0.15, 0.2) is 0 Å². The molecular formula is C17H26ClN3O3S. The molecule has 2 fully saturated rings. The van der Waals surface area contributed by atoms with E-state index in [0.717, 1.165) is 13.1 Å². The highest BCUT2D eigenvalue weighted by Gasteiger charge is 2.33. The zero-order valence-corrected chi connectivity index (χ0v) is 16.0. The van der Waals surface area contributed by atoms with E-state index >= 15 is 0 Å². The van der Waals surface area contributed by atoms with Gasteiger partial charge in [0.25, 0.3) is 0 Å². The monoisotopic (exact) mass is 387 g/mol. The Bertz CT molecular complexity index is 672. The van der Waals surface area contributed by atoms with E-state index in [2.05, 4.69) is 10.0 Å². The van der Waals surface area contributed by atoms with Crippen molar-refractivity contribution in [3.8, 4) is 0 Å². The van der Waals surface area contributed by atoms with E-state index < -0.39 is 10.0 Å². The smallest absolute Gasteiger partial charge is 0.240 e. The van der Waals surface area contributed by atoms with Crippen LogP contribution in [0.1, 0.15) is 19.8 Å². The third-order valence-electron chi connectivity index (χ3n) is 5.09. The average Bonchev–Trinajstić information content (AvgIpc) is 2.54. The number of benzene rings is 1. The second-order valence-corrected chi connectivity index (χ2v) is 8.45. The number of rotatable bonds is 5. The Labute approximate surface area is 155 Å². The van der Waals surface area contributed by atoms with Crippen LogP contribution in [-0.2, 0) is 14.8 Å². The van der Waals surface area contributed by atoms with Gasteiger partial charge in [0.05, 0.1) is 4.90 Å². The number of likely N-dealkylation sites (tertiary alicyclic amines) is 1. The third-order valence-corrected chi connectivity index (χ3v) is 6.63. The number of halogens is 1. The van der Waals surface area contributed by atoms with E-state index in [0.29, 0.717) is 31.8 Å². The second-order valence-electron chi connectivity index (χ2n) is 6.74. The number of carbonyl (C=O) groups excluding carboxylic acids is 1. The molecule has 0 radical (unpaired) electrons. The molecule has 0 spiro atoms. The van der Waals surface area contributed by atoms with Crippen LogP contribution < -0.4 is 10.0 Å². The van der Waals surface area contributed by atoms with Gasteiger partial charge in [-0.1, -0.05) is 25.1 Å². The summed E-state index contributed by atoms with van der Waals surface area (Å²) in [5, 5.41) is 3.20. The fourth-order valence-electron chi connectivity index (χ4n) is 3.26. The van der Waals surface area contributed by atoms with Crippen molar-refractivity contribution in [1.29, 1.82) is 0 Å². The molecule has 1 amide bonds. The molecule has 2 aliphatic heterocycles. The summed E-state index contributed by atoms with van der Waals surface area (Å²) in [4.78, 5) is 14.7. The number of nitrogens with one attached hydrogen (secondary N) is 2. The number of hydrogen-bond acceptors (Lipinski definition) is 4. The van der Waals surface area contributed by atoms with Crippen molar-refractivity contribution in [2.24, 2.45) is 11.8 Å². The molecule has 1 atom stereocenters. The van der Waals surface area contributed by atoms with Crippen LogP contribution in [0.25, 0.3) is 0 Å². The first-order valence-corrected chi connectivity index (χ1v) is 10.0. The van der Waals surface area contributed by atoms with Crippen molar-refractivity contribution < 1.29 is 13.2 Å².